The smallest absolute Gasteiger partial charge is 0.0408 e. The normalized spacial score (nSPS) is 13.7. The monoisotopic (exact) mass is 260 g/mol. The minimum Gasteiger partial charge on any atom is -0.146 e. The Labute approximate surface area is 93.5 Å². The number of aryl methyl sites for hydroxylation is 2. The SMILES string of the molecule is Cc1cc(C(Br)CC(C)C)c(C)s1. The van der Waals surface area contributed by atoms with E-state index in [-0.39, 0.29) is 0 Å². The van der Waals surface area contributed by atoms with Crippen LogP contribution in [0.4, 0.5) is 0 Å². The molecular formula is C11H17BrS. The number of alkyl halides is 1. The first-order valence-electron chi connectivity index (χ1n) is 4.71. The molecule has 1 atom stereocenters. The van der Waals surface area contributed by atoms with Crippen LogP contribution in [-0.2, 0) is 0 Å². The van der Waals surface area contributed by atoms with E-state index in [1.54, 1.807) is 0 Å². The van der Waals surface area contributed by atoms with Gasteiger partial charge in [-0.1, -0.05) is 29.8 Å². The number of rotatable bonds is 3. The molecule has 13 heavy (non-hydrogen) atoms. The molecule has 74 valence electrons. The summed E-state index contributed by atoms with van der Waals surface area (Å²) in [4.78, 5) is 3.41. The molecule has 0 fully saturated rings. The maximum Gasteiger partial charge on any atom is 0.0408 e. The lowest BCUT2D eigenvalue weighted by Crippen LogP contribution is -1.95. The maximum absolute atomic E-state index is 3.76. The second kappa shape index (κ2) is 4.61. The highest BCUT2D eigenvalue weighted by Crippen LogP contribution is 2.35. The van der Waals surface area contributed by atoms with Crippen LogP contribution >= 0.6 is 27.3 Å². The first kappa shape index (κ1) is 11.3. The summed E-state index contributed by atoms with van der Waals surface area (Å²) in [6.07, 6.45) is 1.22. The van der Waals surface area contributed by atoms with E-state index in [0.717, 1.165) is 5.92 Å². The Bertz CT molecular complexity index is 276. The van der Waals surface area contributed by atoms with Gasteiger partial charge in [-0.05, 0) is 37.8 Å². The molecule has 0 saturated carbocycles. The Morgan fingerprint density at radius 3 is 2.38 bits per heavy atom. The summed E-state index contributed by atoms with van der Waals surface area (Å²) >= 11 is 5.65. The van der Waals surface area contributed by atoms with Crippen molar-refractivity contribution in [3.63, 3.8) is 0 Å². The average molecular weight is 261 g/mol. The lowest BCUT2D eigenvalue weighted by molar-refractivity contribution is 0.583. The summed E-state index contributed by atoms with van der Waals surface area (Å²) < 4.78 is 0. The number of halogens is 1. The molecule has 0 aliphatic carbocycles. The Morgan fingerprint density at radius 1 is 1.38 bits per heavy atom. The lowest BCUT2D eigenvalue weighted by atomic mass is 10.0. The lowest BCUT2D eigenvalue weighted by Gasteiger charge is -2.11. The van der Waals surface area contributed by atoms with Crippen LogP contribution in [0.2, 0.25) is 0 Å². The van der Waals surface area contributed by atoms with Crippen molar-refractivity contribution in [2.75, 3.05) is 0 Å². The van der Waals surface area contributed by atoms with Gasteiger partial charge in [0.25, 0.3) is 0 Å². The van der Waals surface area contributed by atoms with E-state index in [9.17, 15) is 0 Å². The highest BCUT2D eigenvalue weighted by molar-refractivity contribution is 9.09. The van der Waals surface area contributed by atoms with Crippen molar-refractivity contribution in [1.29, 1.82) is 0 Å². The molecule has 0 aliphatic rings. The van der Waals surface area contributed by atoms with Gasteiger partial charge in [0.1, 0.15) is 0 Å². The summed E-state index contributed by atoms with van der Waals surface area (Å²) in [6.45, 7) is 8.92. The molecule has 0 aromatic carbocycles. The average Bonchev–Trinajstić information content (AvgIpc) is 2.28. The second-order valence-electron chi connectivity index (χ2n) is 3.97. The number of thiophene rings is 1. The van der Waals surface area contributed by atoms with Crippen molar-refractivity contribution in [3.05, 3.63) is 21.4 Å². The zero-order chi connectivity index (χ0) is 10.0. The van der Waals surface area contributed by atoms with E-state index in [1.165, 1.54) is 21.7 Å². The van der Waals surface area contributed by atoms with Crippen molar-refractivity contribution >= 4 is 27.3 Å². The Balaban J connectivity index is 2.76. The molecule has 1 aromatic heterocycles. The fourth-order valence-corrected chi connectivity index (χ4v) is 3.86. The van der Waals surface area contributed by atoms with Crippen LogP contribution in [0, 0.1) is 19.8 Å². The summed E-state index contributed by atoms with van der Waals surface area (Å²) in [7, 11) is 0. The van der Waals surface area contributed by atoms with Gasteiger partial charge in [0.2, 0.25) is 0 Å². The Morgan fingerprint density at radius 2 is 2.00 bits per heavy atom. The van der Waals surface area contributed by atoms with Crippen LogP contribution in [0.5, 0.6) is 0 Å². The third-order valence-electron chi connectivity index (χ3n) is 2.10. The van der Waals surface area contributed by atoms with Crippen LogP contribution in [-0.4, -0.2) is 0 Å². The molecule has 0 radical (unpaired) electrons. The van der Waals surface area contributed by atoms with Gasteiger partial charge in [-0.3, -0.25) is 0 Å². The fraction of sp³-hybridized carbons (Fsp3) is 0.636. The largest absolute Gasteiger partial charge is 0.146 e. The summed E-state index contributed by atoms with van der Waals surface area (Å²) in [6, 6.07) is 2.31. The first-order chi connectivity index (χ1) is 6.00. The van der Waals surface area contributed by atoms with Gasteiger partial charge in [-0.25, -0.2) is 0 Å². The molecule has 0 aliphatic heterocycles. The third-order valence-corrected chi connectivity index (χ3v) is 3.94. The van der Waals surface area contributed by atoms with Crippen LogP contribution in [0.25, 0.3) is 0 Å². The molecule has 0 N–H and O–H groups in total. The summed E-state index contributed by atoms with van der Waals surface area (Å²) in [5, 5.41) is 0. The standard InChI is InChI=1S/C11H17BrS/c1-7(2)5-11(12)10-6-8(3)13-9(10)4/h6-7,11H,5H2,1-4H3. The van der Waals surface area contributed by atoms with Crippen LogP contribution < -0.4 is 0 Å². The molecule has 0 nitrogen and oxygen atoms in total. The van der Waals surface area contributed by atoms with E-state index in [0.29, 0.717) is 4.83 Å². The molecule has 0 bridgehead atoms. The predicted molar refractivity (Wildman–Crippen MR) is 64.9 cm³/mol. The highest BCUT2D eigenvalue weighted by atomic mass is 79.9. The van der Waals surface area contributed by atoms with Gasteiger partial charge in [0.15, 0.2) is 0 Å². The summed E-state index contributed by atoms with van der Waals surface area (Å²) in [5.41, 5.74) is 1.48. The summed E-state index contributed by atoms with van der Waals surface area (Å²) in [5.74, 6) is 0.754. The quantitative estimate of drug-likeness (QED) is 0.682. The van der Waals surface area contributed by atoms with Crippen molar-refractivity contribution in [2.45, 2.75) is 38.9 Å². The Kier molecular flexibility index (Phi) is 3.99. The van der Waals surface area contributed by atoms with Crippen LogP contribution in [0.1, 0.15) is 40.4 Å². The molecule has 2 heteroatoms. The van der Waals surface area contributed by atoms with Gasteiger partial charge < -0.3 is 0 Å². The van der Waals surface area contributed by atoms with Crippen LogP contribution in [0.3, 0.4) is 0 Å². The number of hydrogen-bond acceptors (Lipinski definition) is 1. The maximum atomic E-state index is 3.76. The molecular weight excluding hydrogens is 244 g/mol. The third kappa shape index (κ3) is 3.10. The topological polar surface area (TPSA) is 0 Å². The number of hydrogen-bond donors (Lipinski definition) is 0. The fourth-order valence-electron chi connectivity index (χ4n) is 1.50. The van der Waals surface area contributed by atoms with Gasteiger partial charge in [-0.2, -0.15) is 0 Å². The highest BCUT2D eigenvalue weighted by Gasteiger charge is 2.13. The second-order valence-corrected chi connectivity index (χ2v) is 6.53. The van der Waals surface area contributed by atoms with E-state index >= 15 is 0 Å². The first-order valence-corrected chi connectivity index (χ1v) is 6.45. The van der Waals surface area contributed by atoms with E-state index in [2.05, 4.69) is 49.7 Å². The van der Waals surface area contributed by atoms with Crippen molar-refractivity contribution in [1.82, 2.24) is 0 Å². The molecule has 0 saturated heterocycles. The van der Waals surface area contributed by atoms with Gasteiger partial charge >= 0.3 is 0 Å². The molecule has 0 spiro atoms. The van der Waals surface area contributed by atoms with Crippen LogP contribution in [0.15, 0.2) is 6.07 Å². The predicted octanol–water partition coefficient (Wildman–Crippen LogP) is 4.85. The minimum absolute atomic E-state index is 0.539. The van der Waals surface area contributed by atoms with E-state index < -0.39 is 0 Å². The van der Waals surface area contributed by atoms with Crippen molar-refractivity contribution in [3.8, 4) is 0 Å². The molecule has 1 aromatic rings. The van der Waals surface area contributed by atoms with E-state index in [1.807, 2.05) is 11.3 Å². The molecule has 1 rings (SSSR count). The van der Waals surface area contributed by atoms with Crippen molar-refractivity contribution in [2.24, 2.45) is 5.92 Å². The molecule has 1 unspecified atom stereocenters. The minimum atomic E-state index is 0.539. The Hall–Kier alpha value is 0.180. The van der Waals surface area contributed by atoms with Crippen molar-refractivity contribution < 1.29 is 0 Å². The zero-order valence-electron chi connectivity index (χ0n) is 8.73. The molecule has 0 amide bonds. The van der Waals surface area contributed by atoms with E-state index in [4.69, 9.17) is 0 Å². The molecule has 1 heterocycles. The zero-order valence-corrected chi connectivity index (χ0v) is 11.1. The van der Waals surface area contributed by atoms with Gasteiger partial charge in [0.05, 0.1) is 0 Å². The van der Waals surface area contributed by atoms with Gasteiger partial charge in [-0.15, -0.1) is 11.3 Å². The van der Waals surface area contributed by atoms with Gasteiger partial charge in [0, 0.05) is 14.6 Å².